The fourth-order valence-electron chi connectivity index (χ4n) is 3.00. The fraction of sp³-hybridized carbons (Fsp3) is 0.353. The Hall–Kier alpha value is -2.08. The first-order chi connectivity index (χ1) is 11.0. The van der Waals surface area contributed by atoms with Gasteiger partial charge in [0.2, 0.25) is 0 Å². The summed E-state index contributed by atoms with van der Waals surface area (Å²) in [6, 6.07) is 12.2. The molecule has 2 aromatic rings. The van der Waals surface area contributed by atoms with Crippen LogP contribution in [0.25, 0.3) is 5.69 Å². The molecule has 1 aliphatic heterocycles. The van der Waals surface area contributed by atoms with Crippen LogP contribution in [0, 0.1) is 13.8 Å². The van der Waals surface area contributed by atoms with Crippen LogP contribution in [0.2, 0.25) is 0 Å². The van der Waals surface area contributed by atoms with Crippen molar-refractivity contribution in [1.82, 2.24) is 9.99 Å². The van der Waals surface area contributed by atoms with Gasteiger partial charge in [-0.3, -0.25) is 0 Å². The number of hydrazone groups is 1. The van der Waals surface area contributed by atoms with E-state index in [1.165, 1.54) is 0 Å². The predicted molar refractivity (Wildman–Crippen MR) is 93.0 cm³/mol. The molecule has 0 bridgehead atoms. The Kier molecular flexibility index (Phi) is 4.26. The van der Waals surface area contributed by atoms with Gasteiger partial charge in [-0.05, 0) is 38.5 Å². The molecule has 0 aliphatic carbocycles. The lowest BCUT2D eigenvalue weighted by Gasteiger charge is -2.09. The Morgan fingerprint density at radius 1 is 1.26 bits per heavy atom. The minimum Gasteiger partial charge on any atom is -0.318 e. The van der Waals surface area contributed by atoms with Crippen molar-refractivity contribution in [3.63, 3.8) is 0 Å². The van der Waals surface area contributed by atoms with Gasteiger partial charge in [0, 0.05) is 22.6 Å². The monoisotopic (exact) mass is 331 g/mol. The highest BCUT2D eigenvalue weighted by Crippen LogP contribution is 2.19. The molecule has 1 saturated heterocycles. The maximum atomic E-state index is 11.4. The van der Waals surface area contributed by atoms with Crippen LogP contribution in [-0.2, 0) is 9.84 Å². The molecular formula is C17H21N3O2S. The molecule has 1 fully saturated rings. The van der Waals surface area contributed by atoms with Crippen molar-refractivity contribution in [2.45, 2.75) is 26.3 Å². The Morgan fingerprint density at radius 2 is 2.00 bits per heavy atom. The van der Waals surface area contributed by atoms with Crippen molar-refractivity contribution in [3.05, 3.63) is 53.3 Å². The summed E-state index contributed by atoms with van der Waals surface area (Å²) in [4.78, 5) is 0. The van der Waals surface area contributed by atoms with Crippen LogP contribution in [0.4, 0.5) is 0 Å². The number of hydrogen-bond acceptors (Lipinski definition) is 4. The van der Waals surface area contributed by atoms with Gasteiger partial charge in [-0.1, -0.05) is 18.2 Å². The van der Waals surface area contributed by atoms with Crippen molar-refractivity contribution in [2.75, 3.05) is 11.5 Å². The van der Waals surface area contributed by atoms with Gasteiger partial charge in [0.05, 0.1) is 23.8 Å². The van der Waals surface area contributed by atoms with Gasteiger partial charge in [0.15, 0.2) is 9.84 Å². The lowest BCUT2D eigenvalue weighted by atomic mass is 10.2. The highest BCUT2D eigenvalue weighted by atomic mass is 32.2. The summed E-state index contributed by atoms with van der Waals surface area (Å²) in [7, 11) is -2.88. The number of nitrogens with one attached hydrogen (secondary N) is 1. The predicted octanol–water partition coefficient (Wildman–Crippen LogP) is 2.20. The zero-order valence-electron chi connectivity index (χ0n) is 13.4. The molecule has 1 aromatic carbocycles. The van der Waals surface area contributed by atoms with Crippen molar-refractivity contribution >= 4 is 16.1 Å². The molecule has 1 aromatic heterocycles. The van der Waals surface area contributed by atoms with Crippen molar-refractivity contribution in [3.8, 4) is 5.69 Å². The highest BCUT2D eigenvalue weighted by molar-refractivity contribution is 7.91. The molecule has 3 rings (SSSR count). The second kappa shape index (κ2) is 6.20. The van der Waals surface area contributed by atoms with Crippen molar-refractivity contribution in [1.29, 1.82) is 0 Å². The zero-order valence-corrected chi connectivity index (χ0v) is 14.2. The minimum atomic E-state index is -2.88. The first-order valence-electron chi connectivity index (χ1n) is 7.70. The third-order valence-corrected chi connectivity index (χ3v) is 5.95. The lowest BCUT2D eigenvalue weighted by Crippen LogP contribution is -2.25. The van der Waals surface area contributed by atoms with E-state index in [1.807, 2.05) is 18.2 Å². The smallest absolute Gasteiger partial charge is 0.152 e. The lowest BCUT2D eigenvalue weighted by molar-refractivity contribution is 0.578. The molecule has 0 spiro atoms. The van der Waals surface area contributed by atoms with E-state index >= 15 is 0 Å². The number of rotatable bonds is 4. The van der Waals surface area contributed by atoms with Crippen molar-refractivity contribution in [2.24, 2.45) is 5.10 Å². The normalized spacial score (nSPS) is 20.2. The first kappa shape index (κ1) is 15.8. The molecule has 5 nitrogen and oxygen atoms in total. The Morgan fingerprint density at radius 3 is 2.65 bits per heavy atom. The maximum absolute atomic E-state index is 11.4. The third-order valence-electron chi connectivity index (χ3n) is 4.18. The van der Waals surface area contributed by atoms with Gasteiger partial charge in [-0.15, -0.1) is 0 Å². The van der Waals surface area contributed by atoms with E-state index in [2.05, 4.69) is 47.1 Å². The summed E-state index contributed by atoms with van der Waals surface area (Å²) in [5.41, 5.74) is 7.36. The largest absolute Gasteiger partial charge is 0.318 e. The first-order valence-corrected chi connectivity index (χ1v) is 9.52. The van der Waals surface area contributed by atoms with E-state index in [9.17, 15) is 8.42 Å². The van der Waals surface area contributed by atoms with Crippen LogP contribution in [-0.4, -0.2) is 36.7 Å². The van der Waals surface area contributed by atoms with Crippen LogP contribution < -0.4 is 5.43 Å². The van der Waals surface area contributed by atoms with E-state index in [4.69, 9.17) is 0 Å². The molecule has 0 saturated carbocycles. The quantitative estimate of drug-likeness (QED) is 0.690. The molecule has 122 valence electrons. The van der Waals surface area contributed by atoms with E-state index in [-0.39, 0.29) is 17.5 Å². The number of hydrogen-bond donors (Lipinski definition) is 1. The Labute approximate surface area is 136 Å². The fourth-order valence-corrected chi connectivity index (χ4v) is 4.67. The van der Waals surface area contributed by atoms with Gasteiger partial charge < -0.3 is 9.99 Å². The maximum Gasteiger partial charge on any atom is 0.152 e. The van der Waals surface area contributed by atoms with Crippen molar-refractivity contribution < 1.29 is 8.42 Å². The summed E-state index contributed by atoms with van der Waals surface area (Å²) in [5, 5.41) is 4.25. The molecule has 1 atom stereocenters. The molecule has 1 unspecified atom stereocenters. The number of nitrogens with zero attached hydrogens (tertiary/aromatic N) is 2. The average molecular weight is 331 g/mol. The SMILES string of the molecule is Cc1cc(C=NNC2CCS(=O)(=O)C2)c(C)n1-c1ccccc1. The van der Waals surface area contributed by atoms with Crippen LogP contribution in [0.1, 0.15) is 23.4 Å². The third kappa shape index (κ3) is 3.47. The molecule has 1 N–H and O–H groups in total. The van der Waals surface area contributed by atoms with Crippen LogP contribution in [0.5, 0.6) is 0 Å². The number of aromatic nitrogens is 1. The Bertz CT molecular complexity index is 823. The van der Waals surface area contributed by atoms with E-state index < -0.39 is 9.84 Å². The Balaban J connectivity index is 1.76. The number of sulfone groups is 1. The summed E-state index contributed by atoms with van der Waals surface area (Å²) >= 11 is 0. The van der Waals surface area contributed by atoms with Gasteiger partial charge >= 0.3 is 0 Å². The van der Waals surface area contributed by atoms with E-state index in [0.717, 1.165) is 22.6 Å². The van der Waals surface area contributed by atoms with E-state index in [1.54, 1.807) is 6.21 Å². The number of para-hydroxylation sites is 1. The summed E-state index contributed by atoms with van der Waals surface area (Å²) < 4.78 is 25.1. The minimum absolute atomic E-state index is 0.0751. The van der Waals surface area contributed by atoms with Gasteiger partial charge in [0.25, 0.3) is 0 Å². The number of aryl methyl sites for hydroxylation is 1. The zero-order chi connectivity index (χ0) is 16.4. The molecule has 6 heteroatoms. The molecule has 2 heterocycles. The second-order valence-electron chi connectivity index (χ2n) is 5.98. The summed E-state index contributed by atoms with van der Waals surface area (Å²) in [5.74, 6) is 0.427. The van der Waals surface area contributed by atoms with Gasteiger partial charge in [-0.25, -0.2) is 8.42 Å². The molecule has 0 radical (unpaired) electrons. The standard InChI is InChI=1S/C17H21N3O2S/c1-13-10-15(11-18-19-16-8-9-23(21,22)12-16)14(2)20(13)17-6-4-3-5-7-17/h3-7,10-11,16,19H,8-9,12H2,1-2H3. The molecule has 0 amide bonds. The molecular weight excluding hydrogens is 310 g/mol. The molecule has 1 aliphatic rings. The summed E-state index contributed by atoms with van der Waals surface area (Å²) in [6.07, 6.45) is 2.40. The average Bonchev–Trinajstić information content (AvgIpc) is 3.00. The highest BCUT2D eigenvalue weighted by Gasteiger charge is 2.27. The van der Waals surface area contributed by atoms with Gasteiger partial charge in [-0.2, -0.15) is 5.10 Å². The van der Waals surface area contributed by atoms with Crippen LogP contribution in [0.15, 0.2) is 41.5 Å². The van der Waals surface area contributed by atoms with Crippen LogP contribution >= 0.6 is 0 Å². The van der Waals surface area contributed by atoms with E-state index in [0.29, 0.717) is 6.42 Å². The topological polar surface area (TPSA) is 63.5 Å². The second-order valence-corrected chi connectivity index (χ2v) is 8.21. The van der Waals surface area contributed by atoms with Gasteiger partial charge in [0.1, 0.15) is 0 Å². The van der Waals surface area contributed by atoms with Crippen LogP contribution in [0.3, 0.4) is 0 Å². The number of benzene rings is 1. The molecule has 23 heavy (non-hydrogen) atoms. The summed E-state index contributed by atoms with van der Waals surface area (Å²) in [6.45, 7) is 4.12.